The molecule has 2 unspecified atom stereocenters. The number of allylic oxidation sites excluding steroid dienone is 6. The Hall–Kier alpha value is -1.96. The number of aliphatic carboxylic acids is 1. The molecule has 0 aliphatic carbocycles. The molecular formula is C32H57NO6. The number of carbonyl (C=O) groups excluding carboxylic acids is 2. The van der Waals surface area contributed by atoms with Gasteiger partial charge >= 0.3 is 5.97 Å². The largest absolute Gasteiger partial charge is 0.544 e. The van der Waals surface area contributed by atoms with E-state index in [1.54, 1.807) is 21.1 Å². The highest BCUT2D eigenvalue weighted by atomic mass is 16.5. The van der Waals surface area contributed by atoms with Gasteiger partial charge in [-0.15, -0.1) is 0 Å². The first-order chi connectivity index (χ1) is 18.7. The summed E-state index contributed by atoms with van der Waals surface area (Å²) in [4.78, 5) is 23.1. The molecule has 0 amide bonds. The zero-order valence-corrected chi connectivity index (χ0v) is 25.3. The van der Waals surface area contributed by atoms with Crippen LogP contribution < -0.4 is 5.11 Å². The van der Waals surface area contributed by atoms with Crippen molar-refractivity contribution >= 4 is 11.9 Å². The molecule has 7 nitrogen and oxygen atoms in total. The van der Waals surface area contributed by atoms with Crippen molar-refractivity contribution in [1.29, 1.82) is 0 Å². The fourth-order valence-electron chi connectivity index (χ4n) is 4.07. The molecule has 0 heterocycles. The number of likely N-dealkylation sites (N-methyl/N-ethyl adjacent to an activating group) is 1. The van der Waals surface area contributed by atoms with Crippen LogP contribution in [-0.2, 0) is 19.1 Å². The third-order valence-electron chi connectivity index (χ3n) is 6.51. The summed E-state index contributed by atoms with van der Waals surface area (Å²) in [5.74, 6) is -1.43. The van der Waals surface area contributed by atoms with Gasteiger partial charge in [-0.2, -0.15) is 0 Å². The predicted molar refractivity (Wildman–Crippen MR) is 157 cm³/mol. The number of carboxylic acid groups (broad SMARTS) is 1. The molecule has 0 aromatic rings. The maximum absolute atomic E-state index is 11.9. The number of rotatable bonds is 26. The van der Waals surface area contributed by atoms with E-state index in [-0.39, 0.29) is 36.7 Å². The number of unbranched alkanes of at least 4 members (excludes halogenated alkanes) is 9. The van der Waals surface area contributed by atoms with E-state index in [0.717, 1.165) is 38.5 Å². The summed E-state index contributed by atoms with van der Waals surface area (Å²) < 4.78 is 10.7. The molecule has 0 aliphatic rings. The fourth-order valence-corrected chi connectivity index (χ4v) is 4.07. The van der Waals surface area contributed by atoms with Crippen LogP contribution in [0.4, 0.5) is 0 Å². The van der Waals surface area contributed by atoms with E-state index in [9.17, 15) is 19.8 Å². The summed E-state index contributed by atoms with van der Waals surface area (Å²) in [5.41, 5.74) is 0. The summed E-state index contributed by atoms with van der Waals surface area (Å²) in [6.45, 7) is 2.30. The maximum Gasteiger partial charge on any atom is 0.305 e. The van der Waals surface area contributed by atoms with Gasteiger partial charge in [-0.1, -0.05) is 81.9 Å². The molecule has 0 radical (unpaired) electrons. The van der Waals surface area contributed by atoms with Crippen LogP contribution in [0.5, 0.6) is 0 Å². The normalized spacial score (nSPS) is 14.0. The van der Waals surface area contributed by atoms with Crippen LogP contribution in [0.2, 0.25) is 0 Å². The van der Waals surface area contributed by atoms with Crippen molar-refractivity contribution in [2.75, 3.05) is 41.0 Å². The summed E-state index contributed by atoms with van der Waals surface area (Å²) in [7, 11) is 5.35. The number of carbonyl (C=O) groups is 2. The Morgan fingerprint density at radius 3 is 1.90 bits per heavy atom. The van der Waals surface area contributed by atoms with Gasteiger partial charge < -0.3 is 29.0 Å². The lowest BCUT2D eigenvalue weighted by atomic mass is 10.1. The Balaban J connectivity index is 3.58. The lowest BCUT2D eigenvalue weighted by Crippen LogP contribution is -2.55. The third-order valence-corrected chi connectivity index (χ3v) is 6.51. The quantitative estimate of drug-likeness (QED) is 0.0681. The Morgan fingerprint density at radius 1 is 0.795 bits per heavy atom. The average Bonchev–Trinajstić information content (AvgIpc) is 2.87. The van der Waals surface area contributed by atoms with Crippen molar-refractivity contribution in [3.8, 4) is 0 Å². The fraction of sp³-hybridized carbons (Fsp3) is 0.750. The van der Waals surface area contributed by atoms with Crippen LogP contribution in [0, 0.1) is 0 Å². The topological polar surface area (TPSA) is 95.9 Å². The molecule has 39 heavy (non-hydrogen) atoms. The lowest BCUT2D eigenvalue weighted by Gasteiger charge is -2.34. The first-order valence-electron chi connectivity index (χ1n) is 15.1. The predicted octanol–water partition coefficient (Wildman–Crippen LogP) is 5.27. The van der Waals surface area contributed by atoms with Gasteiger partial charge in [0, 0.05) is 12.8 Å². The number of quaternary nitrogens is 1. The van der Waals surface area contributed by atoms with Crippen molar-refractivity contribution in [2.24, 2.45) is 0 Å². The molecule has 0 aromatic carbocycles. The monoisotopic (exact) mass is 551 g/mol. The minimum atomic E-state index is -1.12. The summed E-state index contributed by atoms with van der Waals surface area (Å²) in [6, 6.07) is -0.688. The van der Waals surface area contributed by atoms with E-state index in [2.05, 4.69) is 43.4 Å². The standard InChI is InChI=1S/C32H57NO6/c1-5-6-7-8-9-10-11-12-13-14-15-16-17-18-19-20-21-22-23-24-31(35)39-28-29(34)27-38-26-25-30(32(36)37)33(2,3)4/h9-10,12-13,15-16,29-30,34H,5-8,11,14,17-28H2,1-4H3/b10-9-,13-12-,16-15-. The lowest BCUT2D eigenvalue weighted by molar-refractivity contribution is -0.889. The molecule has 7 heteroatoms. The Kier molecular flexibility index (Phi) is 23.8. The van der Waals surface area contributed by atoms with Crippen molar-refractivity contribution < 1.29 is 33.8 Å². The first-order valence-corrected chi connectivity index (χ1v) is 15.1. The van der Waals surface area contributed by atoms with Crippen molar-refractivity contribution in [3.63, 3.8) is 0 Å². The van der Waals surface area contributed by atoms with E-state index < -0.39 is 18.1 Å². The highest BCUT2D eigenvalue weighted by Gasteiger charge is 2.24. The van der Waals surface area contributed by atoms with Crippen LogP contribution in [0.25, 0.3) is 0 Å². The minimum absolute atomic E-state index is 0.00701. The van der Waals surface area contributed by atoms with E-state index >= 15 is 0 Å². The van der Waals surface area contributed by atoms with Gasteiger partial charge in [-0.3, -0.25) is 4.79 Å². The van der Waals surface area contributed by atoms with Gasteiger partial charge in [0.2, 0.25) is 0 Å². The molecule has 0 aliphatic heterocycles. The maximum atomic E-state index is 11.9. The molecule has 0 saturated carbocycles. The number of aliphatic hydroxyl groups is 1. The molecule has 0 saturated heterocycles. The molecule has 0 rings (SSSR count). The van der Waals surface area contributed by atoms with Gasteiger partial charge in [-0.05, 0) is 44.9 Å². The molecule has 0 fully saturated rings. The number of hydrogen-bond acceptors (Lipinski definition) is 6. The number of ether oxygens (including phenoxy) is 2. The molecule has 2 atom stereocenters. The van der Waals surface area contributed by atoms with Gasteiger partial charge in [0.1, 0.15) is 18.8 Å². The molecule has 0 spiro atoms. The van der Waals surface area contributed by atoms with Crippen LogP contribution in [0.1, 0.15) is 103 Å². The van der Waals surface area contributed by atoms with E-state index in [1.807, 2.05) is 0 Å². The molecule has 226 valence electrons. The number of esters is 1. The van der Waals surface area contributed by atoms with E-state index in [0.29, 0.717) is 6.42 Å². The summed E-state index contributed by atoms with van der Waals surface area (Å²) in [5, 5.41) is 21.2. The van der Waals surface area contributed by atoms with E-state index in [4.69, 9.17) is 9.47 Å². The summed E-state index contributed by atoms with van der Waals surface area (Å²) in [6.07, 6.45) is 28.0. The number of carboxylic acids is 1. The smallest absolute Gasteiger partial charge is 0.305 e. The minimum Gasteiger partial charge on any atom is -0.544 e. The van der Waals surface area contributed by atoms with E-state index in [1.165, 1.54) is 44.9 Å². The third kappa shape index (κ3) is 24.8. The second-order valence-electron chi connectivity index (χ2n) is 11.2. The van der Waals surface area contributed by atoms with Crippen molar-refractivity contribution in [1.82, 2.24) is 0 Å². The second kappa shape index (κ2) is 25.0. The first kappa shape index (κ1) is 37.0. The van der Waals surface area contributed by atoms with Crippen LogP contribution in [0.3, 0.4) is 0 Å². The Bertz CT molecular complexity index is 695. The summed E-state index contributed by atoms with van der Waals surface area (Å²) >= 11 is 0. The zero-order chi connectivity index (χ0) is 29.2. The number of nitrogens with zero attached hydrogens (tertiary/aromatic N) is 1. The average molecular weight is 552 g/mol. The Labute approximate surface area is 238 Å². The number of hydrogen-bond donors (Lipinski definition) is 1. The molecular weight excluding hydrogens is 494 g/mol. The molecule has 1 N–H and O–H groups in total. The van der Waals surface area contributed by atoms with Crippen molar-refractivity contribution in [3.05, 3.63) is 36.5 Å². The van der Waals surface area contributed by atoms with Gasteiger partial charge in [0.25, 0.3) is 0 Å². The van der Waals surface area contributed by atoms with Crippen LogP contribution in [0.15, 0.2) is 36.5 Å². The van der Waals surface area contributed by atoms with Crippen molar-refractivity contribution in [2.45, 2.75) is 115 Å². The van der Waals surface area contributed by atoms with Crippen LogP contribution in [-0.4, -0.2) is 74.6 Å². The number of aliphatic hydroxyl groups excluding tert-OH is 1. The Morgan fingerprint density at radius 2 is 1.33 bits per heavy atom. The molecule has 0 bridgehead atoms. The zero-order valence-electron chi connectivity index (χ0n) is 25.3. The SMILES string of the molecule is CCCCC/C=C\C/C=C\C/C=C\CCCCCCCCC(=O)OCC(O)COCCC(C(=O)[O-])[N+](C)(C)C. The second-order valence-corrected chi connectivity index (χ2v) is 11.2. The highest BCUT2D eigenvalue weighted by molar-refractivity contribution is 5.69. The van der Waals surface area contributed by atoms with Gasteiger partial charge in [0.15, 0.2) is 0 Å². The molecule has 0 aromatic heterocycles. The van der Waals surface area contributed by atoms with Gasteiger partial charge in [0.05, 0.1) is 40.3 Å². The van der Waals surface area contributed by atoms with Gasteiger partial charge in [-0.25, -0.2) is 0 Å². The highest BCUT2D eigenvalue weighted by Crippen LogP contribution is 2.10. The van der Waals surface area contributed by atoms with Crippen LogP contribution >= 0.6 is 0 Å².